The molecule has 0 saturated heterocycles. The SMILES string of the molecule is C/C(N)=C1\CCCC\C1=C(\N)c1ccc(C(F)(F)F)cc1O. The van der Waals surface area contributed by atoms with Crippen LogP contribution in [0.25, 0.3) is 5.70 Å². The highest BCUT2D eigenvalue weighted by Gasteiger charge is 2.31. The molecule has 5 N–H and O–H groups in total. The number of halogens is 3. The molecule has 1 aliphatic carbocycles. The van der Waals surface area contributed by atoms with E-state index in [1.165, 1.54) is 6.07 Å². The smallest absolute Gasteiger partial charge is 0.416 e. The molecular formula is C16H19F3N2O. The van der Waals surface area contributed by atoms with Gasteiger partial charge in [-0.1, -0.05) is 0 Å². The summed E-state index contributed by atoms with van der Waals surface area (Å²) in [4.78, 5) is 0. The van der Waals surface area contributed by atoms with E-state index in [1.54, 1.807) is 6.92 Å². The van der Waals surface area contributed by atoms with Crippen LogP contribution in [0.15, 0.2) is 35.0 Å². The van der Waals surface area contributed by atoms with Gasteiger partial charge in [0.2, 0.25) is 0 Å². The lowest BCUT2D eigenvalue weighted by Crippen LogP contribution is -2.12. The molecule has 0 aliphatic heterocycles. The molecule has 3 nitrogen and oxygen atoms in total. The molecule has 0 amide bonds. The number of alkyl halides is 3. The Balaban J connectivity index is 2.51. The number of hydrogen-bond donors (Lipinski definition) is 3. The summed E-state index contributed by atoms with van der Waals surface area (Å²) >= 11 is 0. The number of allylic oxidation sites excluding steroid dienone is 3. The Morgan fingerprint density at radius 2 is 1.68 bits per heavy atom. The first-order valence-electron chi connectivity index (χ1n) is 7.06. The lowest BCUT2D eigenvalue weighted by molar-refractivity contribution is -0.137. The van der Waals surface area contributed by atoms with Gasteiger partial charge in [-0.05, 0) is 62.0 Å². The van der Waals surface area contributed by atoms with Crippen LogP contribution in [0.3, 0.4) is 0 Å². The summed E-state index contributed by atoms with van der Waals surface area (Å²) in [7, 11) is 0. The van der Waals surface area contributed by atoms with Gasteiger partial charge in [0.1, 0.15) is 5.75 Å². The fourth-order valence-corrected chi connectivity index (χ4v) is 2.74. The van der Waals surface area contributed by atoms with Crippen LogP contribution in [-0.4, -0.2) is 5.11 Å². The fraction of sp³-hybridized carbons (Fsp3) is 0.375. The highest BCUT2D eigenvalue weighted by molar-refractivity contribution is 5.74. The Hall–Kier alpha value is -2.11. The fourth-order valence-electron chi connectivity index (χ4n) is 2.74. The third-order valence-corrected chi connectivity index (χ3v) is 3.88. The zero-order valence-corrected chi connectivity index (χ0v) is 12.3. The van der Waals surface area contributed by atoms with Crippen molar-refractivity contribution in [1.82, 2.24) is 0 Å². The van der Waals surface area contributed by atoms with E-state index in [0.29, 0.717) is 23.9 Å². The van der Waals surface area contributed by atoms with E-state index in [-0.39, 0.29) is 5.56 Å². The Kier molecular flexibility index (Phi) is 4.39. The molecule has 0 heterocycles. The van der Waals surface area contributed by atoms with Crippen LogP contribution >= 0.6 is 0 Å². The monoisotopic (exact) mass is 312 g/mol. The molecule has 0 radical (unpaired) electrons. The normalized spacial score (nSPS) is 20.7. The third kappa shape index (κ3) is 3.21. The molecule has 120 valence electrons. The number of aromatic hydroxyl groups is 1. The van der Waals surface area contributed by atoms with Crippen LogP contribution < -0.4 is 11.5 Å². The minimum absolute atomic E-state index is 0.212. The van der Waals surface area contributed by atoms with E-state index in [4.69, 9.17) is 11.5 Å². The van der Waals surface area contributed by atoms with E-state index in [9.17, 15) is 18.3 Å². The topological polar surface area (TPSA) is 72.3 Å². The van der Waals surface area contributed by atoms with Gasteiger partial charge in [0.15, 0.2) is 0 Å². The van der Waals surface area contributed by atoms with E-state index < -0.39 is 17.5 Å². The molecule has 6 heteroatoms. The standard InChI is InChI=1S/C16H19F3N2O/c1-9(20)11-4-2-3-5-12(11)15(21)13-7-6-10(8-14(13)22)16(17,18)19/h6-8,22H,2-5,20-21H2,1H3/b11-9-,15-12-. The lowest BCUT2D eigenvalue weighted by Gasteiger charge is -2.22. The summed E-state index contributed by atoms with van der Waals surface area (Å²) in [6.45, 7) is 1.78. The largest absolute Gasteiger partial charge is 0.507 e. The lowest BCUT2D eigenvalue weighted by atomic mass is 9.85. The molecule has 1 saturated carbocycles. The minimum Gasteiger partial charge on any atom is -0.507 e. The molecular weight excluding hydrogens is 293 g/mol. The zero-order valence-electron chi connectivity index (χ0n) is 12.3. The quantitative estimate of drug-likeness (QED) is 0.736. The van der Waals surface area contributed by atoms with Crippen molar-refractivity contribution in [2.45, 2.75) is 38.8 Å². The van der Waals surface area contributed by atoms with Crippen molar-refractivity contribution in [3.8, 4) is 5.75 Å². The van der Waals surface area contributed by atoms with Crippen LogP contribution in [0.1, 0.15) is 43.7 Å². The van der Waals surface area contributed by atoms with E-state index in [1.807, 2.05) is 0 Å². The second kappa shape index (κ2) is 5.94. The predicted octanol–water partition coefficient (Wildman–Crippen LogP) is 3.89. The third-order valence-electron chi connectivity index (χ3n) is 3.88. The molecule has 1 aliphatic rings. The van der Waals surface area contributed by atoms with Gasteiger partial charge in [-0.3, -0.25) is 0 Å². The Labute approximate surface area is 127 Å². The van der Waals surface area contributed by atoms with Gasteiger partial charge in [0, 0.05) is 17.0 Å². The average molecular weight is 312 g/mol. The first-order chi connectivity index (χ1) is 10.2. The molecule has 0 spiro atoms. The molecule has 2 rings (SSSR count). The zero-order chi connectivity index (χ0) is 16.5. The van der Waals surface area contributed by atoms with Gasteiger partial charge in [-0.25, -0.2) is 0 Å². The van der Waals surface area contributed by atoms with Crippen molar-refractivity contribution < 1.29 is 18.3 Å². The molecule has 0 atom stereocenters. The Morgan fingerprint density at radius 1 is 1.09 bits per heavy atom. The maximum atomic E-state index is 12.6. The van der Waals surface area contributed by atoms with Gasteiger partial charge >= 0.3 is 6.18 Å². The van der Waals surface area contributed by atoms with Crippen LogP contribution in [0, 0.1) is 0 Å². The number of benzene rings is 1. The number of nitrogens with two attached hydrogens (primary N) is 2. The van der Waals surface area contributed by atoms with E-state index in [0.717, 1.165) is 36.5 Å². The van der Waals surface area contributed by atoms with Crippen LogP contribution in [0.5, 0.6) is 5.75 Å². The molecule has 1 aromatic carbocycles. The predicted molar refractivity (Wildman–Crippen MR) is 79.6 cm³/mol. The summed E-state index contributed by atoms with van der Waals surface area (Å²) in [5, 5.41) is 9.92. The van der Waals surface area contributed by atoms with E-state index in [2.05, 4.69) is 0 Å². The molecule has 0 unspecified atom stereocenters. The molecule has 22 heavy (non-hydrogen) atoms. The van der Waals surface area contributed by atoms with Crippen molar-refractivity contribution in [2.75, 3.05) is 0 Å². The number of phenolic OH excluding ortho intramolecular Hbond substituents is 1. The van der Waals surface area contributed by atoms with Crippen molar-refractivity contribution in [3.05, 3.63) is 46.2 Å². The summed E-state index contributed by atoms with van der Waals surface area (Å²) in [6, 6.07) is 2.83. The molecule has 1 fully saturated rings. The van der Waals surface area contributed by atoms with Gasteiger partial charge in [-0.15, -0.1) is 0 Å². The first-order valence-corrected chi connectivity index (χ1v) is 7.06. The second-order valence-corrected chi connectivity index (χ2v) is 5.49. The number of rotatable bonds is 1. The van der Waals surface area contributed by atoms with Crippen molar-refractivity contribution in [1.29, 1.82) is 0 Å². The molecule has 1 aromatic rings. The van der Waals surface area contributed by atoms with Crippen LogP contribution in [-0.2, 0) is 6.18 Å². The summed E-state index contributed by atoms with van der Waals surface area (Å²) in [5.41, 5.74) is 14.0. The Morgan fingerprint density at radius 3 is 2.18 bits per heavy atom. The van der Waals surface area contributed by atoms with E-state index >= 15 is 0 Å². The van der Waals surface area contributed by atoms with Gasteiger partial charge < -0.3 is 16.6 Å². The van der Waals surface area contributed by atoms with Crippen molar-refractivity contribution >= 4 is 5.70 Å². The maximum Gasteiger partial charge on any atom is 0.416 e. The van der Waals surface area contributed by atoms with Crippen molar-refractivity contribution in [3.63, 3.8) is 0 Å². The highest BCUT2D eigenvalue weighted by atomic mass is 19.4. The molecule has 0 bridgehead atoms. The average Bonchev–Trinajstić information content (AvgIpc) is 2.45. The van der Waals surface area contributed by atoms with Gasteiger partial charge in [0.25, 0.3) is 0 Å². The Bertz CT molecular complexity index is 641. The van der Waals surface area contributed by atoms with Crippen molar-refractivity contribution in [2.24, 2.45) is 11.5 Å². The van der Waals surface area contributed by atoms with Crippen LogP contribution in [0.2, 0.25) is 0 Å². The first kappa shape index (κ1) is 16.3. The van der Waals surface area contributed by atoms with Gasteiger partial charge in [-0.2, -0.15) is 13.2 Å². The highest BCUT2D eigenvalue weighted by Crippen LogP contribution is 2.38. The van der Waals surface area contributed by atoms with Gasteiger partial charge in [0.05, 0.1) is 5.56 Å². The summed E-state index contributed by atoms with van der Waals surface area (Å²) < 4.78 is 37.9. The minimum atomic E-state index is -4.50. The summed E-state index contributed by atoms with van der Waals surface area (Å²) in [5.74, 6) is -0.473. The van der Waals surface area contributed by atoms with Crippen LogP contribution in [0.4, 0.5) is 13.2 Å². The number of hydrogen-bond acceptors (Lipinski definition) is 3. The number of phenols is 1. The molecule has 0 aromatic heterocycles. The maximum absolute atomic E-state index is 12.6. The summed E-state index contributed by atoms with van der Waals surface area (Å²) in [6.07, 6.45) is -1.06. The second-order valence-electron chi connectivity index (χ2n) is 5.49.